The SMILES string of the molecule is COCCCC(=O)c1ccc2c(C(=O)OCCN(C)C)c3ccccn3c2c1. The van der Waals surface area contributed by atoms with Gasteiger partial charge in [0.2, 0.25) is 0 Å². The van der Waals surface area contributed by atoms with Crippen LogP contribution in [0.4, 0.5) is 0 Å². The quantitative estimate of drug-likeness (QED) is 0.322. The number of nitrogens with zero attached hydrogens (tertiary/aromatic N) is 2. The van der Waals surface area contributed by atoms with Gasteiger partial charge in [0.1, 0.15) is 6.61 Å². The highest BCUT2D eigenvalue weighted by Crippen LogP contribution is 2.28. The average molecular weight is 382 g/mol. The predicted molar refractivity (Wildman–Crippen MR) is 109 cm³/mol. The number of methoxy groups -OCH3 is 1. The molecule has 2 aromatic heterocycles. The number of likely N-dealkylation sites (N-methyl/N-ethyl adjacent to an activating group) is 1. The number of fused-ring (bicyclic) bond motifs is 3. The fraction of sp³-hybridized carbons (Fsp3) is 0.364. The third-order valence-electron chi connectivity index (χ3n) is 4.69. The lowest BCUT2D eigenvalue weighted by Crippen LogP contribution is -2.20. The van der Waals surface area contributed by atoms with Crippen molar-refractivity contribution in [3.63, 3.8) is 0 Å². The summed E-state index contributed by atoms with van der Waals surface area (Å²) in [5.74, 6) is -0.278. The first-order valence-corrected chi connectivity index (χ1v) is 9.39. The molecule has 148 valence electrons. The van der Waals surface area contributed by atoms with Crippen LogP contribution in [0.15, 0.2) is 42.6 Å². The maximum absolute atomic E-state index is 12.8. The van der Waals surface area contributed by atoms with Gasteiger partial charge in [0, 0.05) is 43.8 Å². The van der Waals surface area contributed by atoms with Gasteiger partial charge >= 0.3 is 5.97 Å². The van der Waals surface area contributed by atoms with Crippen molar-refractivity contribution in [1.82, 2.24) is 9.30 Å². The fourth-order valence-corrected chi connectivity index (χ4v) is 3.24. The van der Waals surface area contributed by atoms with E-state index in [1.165, 1.54) is 0 Å². The van der Waals surface area contributed by atoms with E-state index in [2.05, 4.69) is 0 Å². The van der Waals surface area contributed by atoms with Gasteiger partial charge in [-0.05, 0) is 38.7 Å². The minimum absolute atomic E-state index is 0.0694. The lowest BCUT2D eigenvalue weighted by atomic mass is 10.0. The van der Waals surface area contributed by atoms with Crippen LogP contribution in [0.5, 0.6) is 0 Å². The molecule has 0 aliphatic heterocycles. The van der Waals surface area contributed by atoms with Crippen LogP contribution in [0.2, 0.25) is 0 Å². The van der Waals surface area contributed by atoms with Crippen LogP contribution in [0.1, 0.15) is 33.6 Å². The number of hydrogen-bond acceptors (Lipinski definition) is 5. The number of benzene rings is 1. The number of carbonyl (C=O) groups is 2. The molecular weight excluding hydrogens is 356 g/mol. The highest BCUT2D eigenvalue weighted by atomic mass is 16.5. The normalized spacial score (nSPS) is 11.4. The summed E-state index contributed by atoms with van der Waals surface area (Å²) in [4.78, 5) is 27.2. The van der Waals surface area contributed by atoms with E-state index in [1.54, 1.807) is 13.2 Å². The molecule has 0 spiro atoms. The van der Waals surface area contributed by atoms with Crippen LogP contribution >= 0.6 is 0 Å². The Balaban J connectivity index is 1.97. The number of aromatic nitrogens is 1. The highest BCUT2D eigenvalue weighted by molar-refractivity contribution is 6.13. The number of esters is 1. The van der Waals surface area contributed by atoms with Crippen molar-refractivity contribution in [1.29, 1.82) is 0 Å². The van der Waals surface area contributed by atoms with Crippen LogP contribution in [-0.4, -0.2) is 62.0 Å². The van der Waals surface area contributed by atoms with Gasteiger partial charge in [-0.2, -0.15) is 0 Å². The van der Waals surface area contributed by atoms with Gasteiger partial charge < -0.3 is 18.8 Å². The van der Waals surface area contributed by atoms with E-state index in [9.17, 15) is 9.59 Å². The summed E-state index contributed by atoms with van der Waals surface area (Å²) in [6, 6.07) is 11.2. The predicted octanol–water partition coefficient (Wildman–Crippen LogP) is 3.42. The van der Waals surface area contributed by atoms with Gasteiger partial charge in [-0.25, -0.2) is 4.79 Å². The Bertz CT molecular complexity index is 991. The maximum atomic E-state index is 12.8. The van der Waals surface area contributed by atoms with Crippen LogP contribution in [0, 0.1) is 0 Å². The highest BCUT2D eigenvalue weighted by Gasteiger charge is 2.20. The minimum Gasteiger partial charge on any atom is -0.461 e. The van der Waals surface area contributed by atoms with E-state index in [4.69, 9.17) is 9.47 Å². The van der Waals surface area contributed by atoms with Crippen LogP contribution < -0.4 is 0 Å². The second-order valence-electron chi connectivity index (χ2n) is 7.02. The molecular formula is C22H26N2O4. The Morgan fingerprint density at radius 3 is 2.64 bits per heavy atom. The van der Waals surface area contributed by atoms with Crippen molar-refractivity contribution in [2.24, 2.45) is 0 Å². The maximum Gasteiger partial charge on any atom is 0.341 e. The topological polar surface area (TPSA) is 60.3 Å². The molecule has 6 nitrogen and oxygen atoms in total. The van der Waals surface area contributed by atoms with Gasteiger partial charge in [0.15, 0.2) is 5.78 Å². The summed E-state index contributed by atoms with van der Waals surface area (Å²) >= 11 is 0. The monoisotopic (exact) mass is 382 g/mol. The molecule has 0 radical (unpaired) electrons. The number of ether oxygens (including phenoxy) is 2. The first-order valence-electron chi connectivity index (χ1n) is 9.39. The van der Waals surface area contributed by atoms with E-state index >= 15 is 0 Å². The summed E-state index contributed by atoms with van der Waals surface area (Å²) in [6.07, 6.45) is 3.02. The van der Waals surface area contributed by atoms with Gasteiger partial charge in [-0.15, -0.1) is 0 Å². The lowest BCUT2D eigenvalue weighted by molar-refractivity contribution is 0.0486. The smallest absolute Gasteiger partial charge is 0.341 e. The second-order valence-corrected chi connectivity index (χ2v) is 7.02. The van der Waals surface area contributed by atoms with E-state index in [-0.39, 0.29) is 11.8 Å². The second kappa shape index (κ2) is 8.99. The molecule has 0 fully saturated rings. The molecule has 0 atom stereocenters. The summed E-state index contributed by atoms with van der Waals surface area (Å²) in [7, 11) is 5.49. The molecule has 0 aliphatic carbocycles. The Labute approximate surface area is 164 Å². The largest absolute Gasteiger partial charge is 0.461 e. The van der Waals surface area contributed by atoms with E-state index < -0.39 is 0 Å². The molecule has 6 heteroatoms. The zero-order valence-electron chi connectivity index (χ0n) is 16.6. The van der Waals surface area contributed by atoms with Gasteiger partial charge in [0.05, 0.1) is 16.6 Å². The van der Waals surface area contributed by atoms with Gasteiger partial charge in [-0.3, -0.25) is 4.79 Å². The molecule has 0 amide bonds. The summed E-state index contributed by atoms with van der Waals surface area (Å²) in [5, 5.41) is 0.787. The molecule has 0 bridgehead atoms. The van der Waals surface area contributed by atoms with Gasteiger partial charge in [0.25, 0.3) is 0 Å². The Morgan fingerprint density at radius 1 is 1.07 bits per heavy atom. The number of ketones is 1. The zero-order valence-corrected chi connectivity index (χ0v) is 16.6. The molecule has 2 heterocycles. The summed E-state index contributed by atoms with van der Waals surface area (Å²) in [5.41, 5.74) is 2.77. The molecule has 0 N–H and O–H groups in total. The van der Waals surface area contributed by atoms with E-state index in [0.717, 1.165) is 16.4 Å². The lowest BCUT2D eigenvalue weighted by Gasteiger charge is -2.09. The van der Waals surface area contributed by atoms with Crippen molar-refractivity contribution in [3.05, 3.63) is 53.7 Å². The molecule has 3 aromatic rings. The third kappa shape index (κ3) is 4.24. The summed E-state index contributed by atoms with van der Waals surface area (Å²) < 4.78 is 12.4. The molecule has 3 rings (SSSR count). The average Bonchev–Trinajstić information content (AvgIpc) is 3.01. The Kier molecular flexibility index (Phi) is 6.44. The zero-order chi connectivity index (χ0) is 20.1. The van der Waals surface area contributed by atoms with E-state index in [1.807, 2.05) is 59.9 Å². The van der Waals surface area contributed by atoms with Crippen molar-refractivity contribution >= 4 is 28.2 Å². The Hall–Kier alpha value is -2.70. The van der Waals surface area contributed by atoms with Crippen LogP contribution in [0.25, 0.3) is 16.4 Å². The van der Waals surface area contributed by atoms with Crippen molar-refractivity contribution < 1.29 is 19.1 Å². The standard InChI is InChI=1S/C22H26N2O4/c1-23(2)12-14-28-22(26)21-17-10-9-16(20(25)8-6-13-27-3)15-19(17)24-11-5-4-7-18(21)24/h4-5,7,9-11,15H,6,8,12-14H2,1-3H3. The number of pyridine rings is 1. The molecule has 1 aromatic carbocycles. The molecule has 0 saturated heterocycles. The number of hydrogen-bond donors (Lipinski definition) is 0. The fourth-order valence-electron chi connectivity index (χ4n) is 3.24. The first kappa shape index (κ1) is 20.0. The molecule has 28 heavy (non-hydrogen) atoms. The van der Waals surface area contributed by atoms with Crippen molar-refractivity contribution in [2.45, 2.75) is 12.8 Å². The number of Topliss-reactive ketones (excluding diaryl/α,β-unsaturated/α-hetero) is 1. The van der Waals surface area contributed by atoms with Crippen LogP contribution in [-0.2, 0) is 9.47 Å². The van der Waals surface area contributed by atoms with Crippen molar-refractivity contribution in [3.8, 4) is 0 Å². The Morgan fingerprint density at radius 2 is 1.89 bits per heavy atom. The molecule has 0 unspecified atom stereocenters. The number of carbonyl (C=O) groups excluding carboxylic acids is 2. The molecule has 0 aliphatic rings. The van der Waals surface area contributed by atoms with E-state index in [0.29, 0.717) is 43.7 Å². The molecule has 0 saturated carbocycles. The third-order valence-corrected chi connectivity index (χ3v) is 4.69. The van der Waals surface area contributed by atoms with Gasteiger partial charge in [-0.1, -0.05) is 18.2 Å². The number of rotatable bonds is 9. The minimum atomic E-state index is -0.347. The van der Waals surface area contributed by atoms with Crippen molar-refractivity contribution in [2.75, 3.05) is 41.0 Å². The van der Waals surface area contributed by atoms with Crippen LogP contribution in [0.3, 0.4) is 0 Å². The first-order chi connectivity index (χ1) is 13.5. The summed E-state index contributed by atoms with van der Waals surface area (Å²) in [6.45, 7) is 1.55.